The molecule has 0 aliphatic heterocycles. The number of hydrogen-bond donors (Lipinski definition) is 0. The number of nitrogens with zero attached hydrogens (tertiary/aromatic N) is 2. The van der Waals surface area contributed by atoms with Crippen molar-refractivity contribution in [3.63, 3.8) is 0 Å². The standard InChI is InChI=1S/C6H4N2.ClH/c7-5-6-1-3-8-4-2-6;/h1-4H;1H. The van der Waals surface area contributed by atoms with Gasteiger partial charge in [-0.15, -0.1) is 12.4 Å². The van der Waals surface area contributed by atoms with Gasteiger partial charge in [0.25, 0.3) is 0 Å². The van der Waals surface area contributed by atoms with Crippen LogP contribution < -0.4 is 0 Å². The lowest BCUT2D eigenvalue weighted by atomic mass is 10.3. The van der Waals surface area contributed by atoms with E-state index in [1.807, 2.05) is 6.07 Å². The van der Waals surface area contributed by atoms with E-state index < -0.39 is 0 Å². The van der Waals surface area contributed by atoms with Crippen LogP contribution in [0.1, 0.15) is 5.56 Å². The van der Waals surface area contributed by atoms with Gasteiger partial charge >= 0.3 is 0 Å². The fraction of sp³-hybridized carbons (Fsp3) is 0. The van der Waals surface area contributed by atoms with E-state index in [1.54, 1.807) is 24.5 Å². The summed E-state index contributed by atoms with van der Waals surface area (Å²) in [6.45, 7) is 0. The molecule has 0 aliphatic rings. The van der Waals surface area contributed by atoms with Gasteiger partial charge in [0.2, 0.25) is 0 Å². The van der Waals surface area contributed by atoms with E-state index in [0.29, 0.717) is 5.56 Å². The maximum Gasteiger partial charge on any atom is 0.0992 e. The van der Waals surface area contributed by atoms with Gasteiger partial charge in [-0.3, -0.25) is 4.98 Å². The van der Waals surface area contributed by atoms with Crippen LogP contribution in [0.5, 0.6) is 0 Å². The van der Waals surface area contributed by atoms with Crippen LogP contribution in [0, 0.1) is 11.3 Å². The van der Waals surface area contributed by atoms with Crippen molar-refractivity contribution >= 4 is 12.4 Å². The van der Waals surface area contributed by atoms with E-state index in [9.17, 15) is 0 Å². The van der Waals surface area contributed by atoms with Gasteiger partial charge < -0.3 is 0 Å². The lowest BCUT2D eigenvalue weighted by molar-refractivity contribution is 1.31. The van der Waals surface area contributed by atoms with Gasteiger partial charge in [-0.05, 0) is 12.1 Å². The van der Waals surface area contributed by atoms with E-state index in [4.69, 9.17) is 5.26 Å². The summed E-state index contributed by atoms with van der Waals surface area (Å²) in [5, 5.41) is 8.26. The molecule has 0 aromatic carbocycles. The molecule has 0 saturated carbocycles. The van der Waals surface area contributed by atoms with Gasteiger partial charge in [0.15, 0.2) is 0 Å². The van der Waals surface area contributed by atoms with Crippen molar-refractivity contribution in [3.8, 4) is 6.07 Å². The number of nitriles is 1. The Bertz CT molecular complexity index is 202. The monoisotopic (exact) mass is 140 g/mol. The maximum atomic E-state index is 8.26. The molecule has 0 aliphatic carbocycles. The smallest absolute Gasteiger partial charge is 0.0992 e. The maximum absolute atomic E-state index is 8.26. The molecule has 1 aromatic rings. The number of hydrogen-bond acceptors (Lipinski definition) is 2. The van der Waals surface area contributed by atoms with Gasteiger partial charge in [-0.1, -0.05) is 0 Å². The molecule has 0 spiro atoms. The van der Waals surface area contributed by atoms with Crippen LogP contribution in [-0.4, -0.2) is 4.98 Å². The molecule has 0 amide bonds. The molecular weight excluding hydrogens is 136 g/mol. The largest absolute Gasteiger partial charge is 0.265 e. The predicted octanol–water partition coefficient (Wildman–Crippen LogP) is 1.38. The summed E-state index contributed by atoms with van der Waals surface area (Å²) in [6, 6.07) is 5.32. The molecule has 0 radical (unpaired) electrons. The second-order valence-electron chi connectivity index (χ2n) is 1.35. The second-order valence-corrected chi connectivity index (χ2v) is 1.35. The Kier molecular flexibility index (Phi) is 3.41. The Morgan fingerprint density at radius 1 is 1.33 bits per heavy atom. The first-order valence-corrected chi connectivity index (χ1v) is 2.23. The molecule has 0 fully saturated rings. The van der Waals surface area contributed by atoms with Gasteiger partial charge in [-0.2, -0.15) is 5.26 Å². The summed E-state index contributed by atoms with van der Waals surface area (Å²) in [5.41, 5.74) is 0.653. The fourth-order valence-corrected chi connectivity index (χ4v) is 0.426. The Morgan fingerprint density at radius 3 is 2.22 bits per heavy atom. The van der Waals surface area contributed by atoms with E-state index in [1.165, 1.54) is 0 Å². The molecule has 1 heterocycles. The van der Waals surface area contributed by atoms with Crippen molar-refractivity contribution in [1.29, 1.82) is 5.26 Å². The molecule has 46 valence electrons. The van der Waals surface area contributed by atoms with E-state index in [2.05, 4.69) is 4.98 Å². The summed E-state index contributed by atoms with van der Waals surface area (Å²) in [5.74, 6) is 0. The number of pyridine rings is 1. The molecule has 1 rings (SSSR count). The highest BCUT2D eigenvalue weighted by Crippen LogP contribution is 1.89. The molecular formula is C6H5ClN2. The highest BCUT2D eigenvalue weighted by molar-refractivity contribution is 5.85. The Hall–Kier alpha value is -1.07. The van der Waals surface area contributed by atoms with Gasteiger partial charge in [0.05, 0.1) is 11.6 Å². The molecule has 0 bridgehead atoms. The van der Waals surface area contributed by atoms with Crippen LogP contribution in [0.2, 0.25) is 0 Å². The third-order valence-corrected chi connectivity index (χ3v) is 0.809. The van der Waals surface area contributed by atoms with Crippen molar-refractivity contribution in [2.45, 2.75) is 0 Å². The van der Waals surface area contributed by atoms with Crippen molar-refractivity contribution in [3.05, 3.63) is 30.1 Å². The first kappa shape index (κ1) is 7.93. The molecule has 1 aromatic heterocycles. The van der Waals surface area contributed by atoms with Crippen molar-refractivity contribution in [2.75, 3.05) is 0 Å². The van der Waals surface area contributed by atoms with E-state index >= 15 is 0 Å². The first-order valence-electron chi connectivity index (χ1n) is 2.23. The summed E-state index contributed by atoms with van der Waals surface area (Å²) in [6.07, 6.45) is 3.19. The predicted molar refractivity (Wildman–Crippen MR) is 36.2 cm³/mol. The fourth-order valence-electron chi connectivity index (χ4n) is 0.426. The number of aromatic nitrogens is 1. The Morgan fingerprint density at radius 2 is 1.89 bits per heavy atom. The summed E-state index contributed by atoms with van der Waals surface area (Å²) in [7, 11) is 0. The summed E-state index contributed by atoms with van der Waals surface area (Å²) < 4.78 is 0. The van der Waals surface area contributed by atoms with Crippen LogP contribution in [0.3, 0.4) is 0 Å². The molecule has 0 atom stereocenters. The van der Waals surface area contributed by atoms with Crippen LogP contribution in [-0.2, 0) is 0 Å². The number of rotatable bonds is 0. The van der Waals surface area contributed by atoms with Crippen molar-refractivity contribution in [1.82, 2.24) is 4.98 Å². The average molecular weight is 141 g/mol. The lowest BCUT2D eigenvalue weighted by Crippen LogP contribution is -1.71. The highest BCUT2D eigenvalue weighted by Gasteiger charge is 1.80. The van der Waals surface area contributed by atoms with E-state index in [-0.39, 0.29) is 12.4 Å². The first-order chi connectivity index (χ1) is 3.93. The second kappa shape index (κ2) is 3.88. The molecule has 0 N–H and O–H groups in total. The highest BCUT2D eigenvalue weighted by atomic mass is 35.5. The van der Waals surface area contributed by atoms with Crippen LogP contribution in [0.25, 0.3) is 0 Å². The summed E-state index contributed by atoms with van der Waals surface area (Å²) >= 11 is 0. The zero-order valence-electron chi connectivity index (χ0n) is 4.61. The SMILES string of the molecule is Cl.N#Cc1ccncc1. The molecule has 2 nitrogen and oxygen atoms in total. The third-order valence-electron chi connectivity index (χ3n) is 0.809. The topological polar surface area (TPSA) is 36.7 Å². The average Bonchev–Trinajstić information content (AvgIpc) is 1.90. The zero-order valence-corrected chi connectivity index (χ0v) is 5.43. The van der Waals surface area contributed by atoms with Crippen LogP contribution in [0.4, 0.5) is 0 Å². The van der Waals surface area contributed by atoms with Crippen molar-refractivity contribution in [2.24, 2.45) is 0 Å². The van der Waals surface area contributed by atoms with Crippen molar-refractivity contribution < 1.29 is 0 Å². The minimum atomic E-state index is 0. The van der Waals surface area contributed by atoms with Gasteiger partial charge in [0.1, 0.15) is 0 Å². The van der Waals surface area contributed by atoms with Gasteiger partial charge in [-0.25, -0.2) is 0 Å². The minimum absolute atomic E-state index is 0. The van der Waals surface area contributed by atoms with E-state index in [0.717, 1.165) is 0 Å². The molecule has 0 unspecified atom stereocenters. The van der Waals surface area contributed by atoms with Crippen LogP contribution >= 0.6 is 12.4 Å². The quantitative estimate of drug-likeness (QED) is 0.546. The van der Waals surface area contributed by atoms with Gasteiger partial charge in [0, 0.05) is 12.4 Å². The molecule has 0 saturated heterocycles. The molecule has 3 heteroatoms. The third kappa shape index (κ3) is 2.11. The summed E-state index contributed by atoms with van der Waals surface area (Å²) in [4.78, 5) is 3.74. The molecule has 9 heavy (non-hydrogen) atoms. The van der Waals surface area contributed by atoms with Crippen LogP contribution in [0.15, 0.2) is 24.5 Å². The normalized spacial score (nSPS) is 7.00. The Balaban J connectivity index is 0.000000640. The zero-order chi connectivity index (χ0) is 5.82. The Labute approximate surface area is 59.6 Å². The number of halogens is 1. The lowest BCUT2D eigenvalue weighted by Gasteiger charge is -1.79. The minimum Gasteiger partial charge on any atom is -0.265 e.